The van der Waals surface area contributed by atoms with Crippen LogP contribution >= 0.6 is 0 Å². The Bertz CT molecular complexity index is 494. The third kappa shape index (κ3) is 3.74. The molecule has 0 fully saturated rings. The minimum absolute atomic E-state index is 0.0479. The lowest BCUT2D eigenvalue weighted by atomic mass is 9.64. The number of Topliss-reactive ketones (excluding diaryl/α,β-unsaturated/α-hetero) is 1. The monoisotopic (exact) mass is 288 g/mol. The second kappa shape index (κ2) is 6.31. The standard InChI is InChI=1S/C19H28O2/c1-13-8-9-15-6-5-7-17(19(15,3)4)18(21)12-14(2)11-16(20)10-13/h7,11,15-16,20H,1,5-6,8-10,12H2,2-4H3/b14-11-. The summed E-state index contributed by atoms with van der Waals surface area (Å²) >= 11 is 0. The highest BCUT2D eigenvalue weighted by molar-refractivity contribution is 5.98. The lowest BCUT2D eigenvalue weighted by molar-refractivity contribution is -0.116. The highest BCUT2D eigenvalue weighted by Crippen LogP contribution is 2.45. The number of carbonyl (C=O) groups excluding carboxylic acids is 1. The van der Waals surface area contributed by atoms with E-state index in [1.54, 1.807) is 0 Å². The summed E-state index contributed by atoms with van der Waals surface area (Å²) in [5.41, 5.74) is 3.02. The summed E-state index contributed by atoms with van der Waals surface area (Å²) in [7, 11) is 0. The van der Waals surface area contributed by atoms with Gasteiger partial charge in [0.1, 0.15) is 0 Å². The van der Waals surface area contributed by atoms with Crippen molar-refractivity contribution in [3.8, 4) is 0 Å². The first kappa shape index (κ1) is 16.2. The molecule has 2 heteroatoms. The molecule has 0 aromatic carbocycles. The zero-order valence-corrected chi connectivity index (χ0v) is 13.6. The molecule has 2 aliphatic rings. The highest BCUT2D eigenvalue weighted by atomic mass is 16.3. The van der Waals surface area contributed by atoms with Crippen LogP contribution in [0.2, 0.25) is 0 Å². The zero-order valence-electron chi connectivity index (χ0n) is 13.6. The molecule has 2 aliphatic carbocycles. The van der Waals surface area contributed by atoms with Gasteiger partial charge in [0.05, 0.1) is 6.10 Å². The molecule has 0 radical (unpaired) electrons. The fourth-order valence-electron chi connectivity index (χ4n) is 3.82. The lowest BCUT2D eigenvalue weighted by Gasteiger charge is -2.40. The van der Waals surface area contributed by atoms with Crippen LogP contribution in [0.3, 0.4) is 0 Å². The number of aliphatic hydroxyl groups excluding tert-OH is 1. The summed E-state index contributed by atoms with van der Waals surface area (Å²) in [5.74, 6) is 0.754. The molecule has 1 N–H and O–H groups in total. The molecule has 0 aromatic heterocycles. The average molecular weight is 288 g/mol. The number of hydrogen-bond donors (Lipinski definition) is 1. The predicted molar refractivity (Wildman–Crippen MR) is 87.0 cm³/mol. The Morgan fingerprint density at radius 2 is 2.05 bits per heavy atom. The molecule has 0 spiro atoms. The Morgan fingerprint density at radius 1 is 1.33 bits per heavy atom. The van der Waals surface area contributed by atoms with E-state index >= 15 is 0 Å². The SMILES string of the molecule is C=C1CCC2CCC=C(C(=O)C/C(C)=C\C(O)C1)C2(C)C. The van der Waals surface area contributed by atoms with E-state index in [0.29, 0.717) is 18.8 Å². The van der Waals surface area contributed by atoms with Gasteiger partial charge in [-0.2, -0.15) is 0 Å². The van der Waals surface area contributed by atoms with Crippen LogP contribution in [-0.4, -0.2) is 17.0 Å². The van der Waals surface area contributed by atoms with Gasteiger partial charge in [0.2, 0.25) is 0 Å². The summed E-state index contributed by atoms with van der Waals surface area (Å²) in [6, 6.07) is 0. The number of carbonyl (C=O) groups is 1. The first-order chi connectivity index (χ1) is 9.80. The van der Waals surface area contributed by atoms with E-state index < -0.39 is 6.10 Å². The molecule has 116 valence electrons. The lowest BCUT2D eigenvalue weighted by Crippen LogP contribution is -2.33. The smallest absolute Gasteiger partial charge is 0.163 e. The topological polar surface area (TPSA) is 37.3 Å². The molecule has 0 aliphatic heterocycles. The maximum Gasteiger partial charge on any atom is 0.163 e. The molecular formula is C19H28O2. The van der Waals surface area contributed by atoms with Gasteiger partial charge in [0.15, 0.2) is 5.78 Å². The molecule has 2 unspecified atom stereocenters. The molecule has 2 bridgehead atoms. The number of fused-ring (bicyclic) bond motifs is 2. The van der Waals surface area contributed by atoms with Gasteiger partial charge in [-0.15, -0.1) is 0 Å². The van der Waals surface area contributed by atoms with Crippen LogP contribution in [-0.2, 0) is 4.79 Å². The van der Waals surface area contributed by atoms with E-state index in [2.05, 4.69) is 26.5 Å². The number of rotatable bonds is 0. The summed E-state index contributed by atoms with van der Waals surface area (Å²) in [5, 5.41) is 10.1. The first-order valence-corrected chi connectivity index (χ1v) is 8.06. The zero-order chi connectivity index (χ0) is 15.6. The molecule has 0 saturated carbocycles. The molecular weight excluding hydrogens is 260 g/mol. The molecule has 2 nitrogen and oxygen atoms in total. The van der Waals surface area contributed by atoms with Crippen molar-refractivity contribution in [2.24, 2.45) is 11.3 Å². The molecule has 0 heterocycles. The van der Waals surface area contributed by atoms with Crippen molar-refractivity contribution < 1.29 is 9.90 Å². The Morgan fingerprint density at radius 3 is 2.76 bits per heavy atom. The van der Waals surface area contributed by atoms with E-state index in [1.165, 1.54) is 0 Å². The Labute approximate surface area is 128 Å². The van der Waals surface area contributed by atoms with E-state index in [-0.39, 0.29) is 11.2 Å². The van der Waals surface area contributed by atoms with Crippen LogP contribution < -0.4 is 0 Å². The normalized spacial score (nSPS) is 33.3. The van der Waals surface area contributed by atoms with Crippen molar-refractivity contribution in [3.63, 3.8) is 0 Å². The van der Waals surface area contributed by atoms with Crippen LogP contribution in [0.1, 0.15) is 59.3 Å². The second-order valence-corrected chi connectivity index (χ2v) is 7.29. The van der Waals surface area contributed by atoms with Crippen molar-refractivity contribution in [2.45, 2.75) is 65.4 Å². The van der Waals surface area contributed by atoms with E-state index in [4.69, 9.17) is 0 Å². The van der Waals surface area contributed by atoms with E-state index in [1.807, 2.05) is 13.0 Å². The average Bonchev–Trinajstić information content (AvgIpc) is 2.34. The maximum absolute atomic E-state index is 12.6. The molecule has 2 rings (SSSR count). The van der Waals surface area contributed by atoms with Crippen molar-refractivity contribution in [1.29, 1.82) is 0 Å². The van der Waals surface area contributed by atoms with Gasteiger partial charge < -0.3 is 5.11 Å². The number of hydrogen-bond acceptors (Lipinski definition) is 2. The van der Waals surface area contributed by atoms with E-state index in [0.717, 1.165) is 42.4 Å². The van der Waals surface area contributed by atoms with Crippen LogP contribution in [0.25, 0.3) is 0 Å². The van der Waals surface area contributed by atoms with Crippen molar-refractivity contribution in [1.82, 2.24) is 0 Å². The molecule has 2 atom stereocenters. The predicted octanol–water partition coefficient (Wildman–Crippen LogP) is 4.36. The third-order valence-corrected chi connectivity index (χ3v) is 5.14. The minimum atomic E-state index is -0.508. The van der Waals surface area contributed by atoms with Gasteiger partial charge in [-0.05, 0) is 55.9 Å². The van der Waals surface area contributed by atoms with Gasteiger partial charge in [0, 0.05) is 6.42 Å². The van der Waals surface area contributed by atoms with Gasteiger partial charge in [0.25, 0.3) is 0 Å². The quantitative estimate of drug-likeness (QED) is 0.673. The number of allylic oxidation sites excluding steroid dienone is 3. The highest BCUT2D eigenvalue weighted by Gasteiger charge is 2.38. The largest absolute Gasteiger partial charge is 0.389 e. The molecule has 0 aromatic rings. The van der Waals surface area contributed by atoms with Crippen molar-refractivity contribution in [2.75, 3.05) is 0 Å². The summed E-state index contributed by atoms with van der Waals surface area (Å²) in [6.45, 7) is 10.5. The molecule has 21 heavy (non-hydrogen) atoms. The fourth-order valence-corrected chi connectivity index (χ4v) is 3.82. The first-order valence-electron chi connectivity index (χ1n) is 8.06. The van der Waals surface area contributed by atoms with Crippen LogP contribution in [0, 0.1) is 11.3 Å². The third-order valence-electron chi connectivity index (χ3n) is 5.14. The van der Waals surface area contributed by atoms with Gasteiger partial charge in [-0.25, -0.2) is 0 Å². The fraction of sp³-hybridized carbons (Fsp3) is 0.632. The van der Waals surface area contributed by atoms with Crippen molar-refractivity contribution >= 4 is 5.78 Å². The minimum Gasteiger partial charge on any atom is -0.389 e. The Balaban J connectivity index is 2.34. The molecule has 0 amide bonds. The number of aliphatic hydroxyl groups is 1. The van der Waals surface area contributed by atoms with Crippen molar-refractivity contribution in [3.05, 3.63) is 35.5 Å². The van der Waals surface area contributed by atoms with Gasteiger partial charge >= 0.3 is 0 Å². The van der Waals surface area contributed by atoms with E-state index in [9.17, 15) is 9.90 Å². The summed E-state index contributed by atoms with van der Waals surface area (Å²) in [4.78, 5) is 12.6. The maximum atomic E-state index is 12.6. The summed E-state index contributed by atoms with van der Waals surface area (Å²) < 4.78 is 0. The number of ketones is 1. The van der Waals surface area contributed by atoms with Crippen LogP contribution in [0.15, 0.2) is 35.5 Å². The van der Waals surface area contributed by atoms with Crippen LogP contribution in [0.4, 0.5) is 0 Å². The van der Waals surface area contributed by atoms with Crippen LogP contribution in [0.5, 0.6) is 0 Å². The van der Waals surface area contributed by atoms with Gasteiger partial charge in [-0.3, -0.25) is 4.79 Å². The second-order valence-electron chi connectivity index (χ2n) is 7.29. The Hall–Kier alpha value is -1.15. The summed E-state index contributed by atoms with van der Waals surface area (Å²) in [6.07, 6.45) is 8.65. The Kier molecular flexibility index (Phi) is 4.88. The van der Waals surface area contributed by atoms with Gasteiger partial charge in [-0.1, -0.05) is 43.7 Å². The molecule has 0 saturated heterocycles.